The number of nitrogens with zero attached hydrogens (tertiary/aromatic N) is 1. The number of aromatic nitrogens is 1. The number of aliphatic hydroxyl groups is 2. The first-order valence-corrected chi connectivity index (χ1v) is 9.10. The lowest BCUT2D eigenvalue weighted by atomic mass is 10.1. The van der Waals surface area contributed by atoms with Crippen molar-refractivity contribution in [3.05, 3.63) is 82.5 Å². The number of rotatable bonds is 5. The predicted octanol–water partition coefficient (Wildman–Crippen LogP) is 4.70. The molecule has 3 N–H and O–H groups in total. The molecule has 0 aliphatic heterocycles. The summed E-state index contributed by atoms with van der Waals surface area (Å²) < 4.78 is 37.8. The SMILES string of the molecule is O=C(Nc1ccc(C(F)(F)F)cc1)c1ccc(-c2ncc([C@@H](O)CO)cc2Cl)cc1. The number of anilines is 1. The molecule has 3 aromatic rings. The average molecular weight is 437 g/mol. The normalized spacial score (nSPS) is 12.5. The van der Waals surface area contributed by atoms with Crippen molar-refractivity contribution >= 4 is 23.2 Å². The smallest absolute Gasteiger partial charge is 0.393 e. The summed E-state index contributed by atoms with van der Waals surface area (Å²) in [7, 11) is 0. The van der Waals surface area contributed by atoms with Crippen molar-refractivity contribution in [3.8, 4) is 11.3 Å². The fourth-order valence-corrected chi connectivity index (χ4v) is 2.96. The number of hydrogen-bond donors (Lipinski definition) is 3. The lowest BCUT2D eigenvalue weighted by Crippen LogP contribution is -2.12. The average Bonchev–Trinajstić information content (AvgIpc) is 2.73. The van der Waals surface area contributed by atoms with Gasteiger partial charge in [0.25, 0.3) is 5.91 Å². The third-order valence-electron chi connectivity index (χ3n) is 4.31. The summed E-state index contributed by atoms with van der Waals surface area (Å²) >= 11 is 6.20. The van der Waals surface area contributed by atoms with Crippen LogP contribution >= 0.6 is 11.6 Å². The molecular formula is C21H16ClF3N2O3. The van der Waals surface area contributed by atoms with Crippen LogP contribution in [0.1, 0.15) is 27.6 Å². The van der Waals surface area contributed by atoms with Crippen LogP contribution in [0.4, 0.5) is 18.9 Å². The highest BCUT2D eigenvalue weighted by molar-refractivity contribution is 6.33. The number of hydrogen-bond acceptors (Lipinski definition) is 4. The highest BCUT2D eigenvalue weighted by Crippen LogP contribution is 2.30. The number of carbonyl (C=O) groups is 1. The molecule has 0 aliphatic carbocycles. The molecule has 0 unspecified atom stereocenters. The zero-order chi connectivity index (χ0) is 21.9. The molecule has 30 heavy (non-hydrogen) atoms. The van der Waals surface area contributed by atoms with Gasteiger partial charge in [-0.1, -0.05) is 23.7 Å². The Labute approximate surface area is 174 Å². The minimum absolute atomic E-state index is 0.236. The number of pyridine rings is 1. The van der Waals surface area contributed by atoms with Crippen LogP contribution < -0.4 is 5.32 Å². The van der Waals surface area contributed by atoms with Crippen molar-refractivity contribution in [2.75, 3.05) is 11.9 Å². The maximum Gasteiger partial charge on any atom is 0.416 e. The molecule has 0 saturated carbocycles. The molecule has 156 valence electrons. The standard InChI is InChI=1S/C21H16ClF3N2O3/c22-17-9-14(18(29)11-28)10-26-19(17)12-1-3-13(4-2-12)20(30)27-16-7-5-15(6-8-16)21(23,24)25/h1-10,18,28-29H,11H2,(H,27,30)/t18-/m0/s1. The van der Waals surface area contributed by atoms with Crippen LogP contribution in [0.15, 0.2) is 60.8 Å². The lowest BCUT2D eigenvalue weighted by Gasteiger charge is -2.11. The van der Waals surface area contributed by atoms with Crippen molar-refractivity contribution in [1.82, 2.24) is 4.98 Å². The highest BCUT2D eigenvalue weighted by atomic mass is 35.5. The Morgan fingerprint density at radius 3 is 2.27 bits per heavy atom. The van der Waals surface area contributed by atoms with Crippen LogP contribution in [0.3, 0.4) is 0 Å². The molecule has 3 rings (SSSR count). The second-order valence-corrected chi connectivity index (χ2v) is 6.81. The van der Waals surface area contributed by atoms with Crippen LogP contribution in [0.2, 0.25) is 5.02 Å². The molecular weight excluding hydrogens is 421 g/mol. The fraction of sp³-hybridized carbons (Fsp3) is 0.143. The zero-order valence-corrected chi connectivity index (χ0v) is 16.1. The lowest BCUT2D eigenvalue weighted by molar-refractivity contribution is -0.137. The molecule has 0 radical (unpaired) electrons. The van der Waals surface area contributed by atoms with Gasteiger partial charge in [0.05, 0.1) is 22.9 Å². The topological polar surface area (TPSA) is 82.5 Å². The third kappa shape index (κ3) is 4.96. The quantitative estimate of drug-likeness (QED) is 0.541. The van der Waals surface area contributed by atoms with Crippen LogP contribution in [0.5, 0.6) is 0 Å². The van der Waals surface area contributed by atoms with Gasteiger partial charge in [-0.25, -0.2) is 0 Å². The summed E-state index contributed by atoms with van der Waals surface area (Å²) in [5.41, 5.74) is 1.16. The van der Waals surface area contributed by atoms with Crippen LogP contribution in [0, 0.1) is 0 Å². The second kappa shape index (κ2) is 8.83. The van der Waals surface area contributed by atoms with Gasteiger partial charge in [0.2, 0.25) is 0 Å². The van der Waals surface area contributed by atoms with E-state index in [1.807, 2.05) is 0 Å². The number of aliphatic hydroxyl groups excluding tert-OH is 2. The van der Waals surface area contributed by atoms with Crippen molar-refractivity contribution in [3.63, 3.8) is 0 Å². The molecule has 0 bridgehead atoms. The van der Waals surface area contributed by atoms with Gasteiger partial charge in [-0.3, -0.25) is 9.78 Å². The van der Waals surface area contributed by atoms with E-state index in [4.69, 9.17) is 16.7 Å². The van der Waals surface area contributed by atoms with Crippen LogP contribution in [0.25, 0.3) is 11.3 Å². The minimum Gasteiger partial charge on any atom is -0.393 e. The van der Waals surface area contributed by atoms with Crippen molar-refractivity contribution in [2.24, 2.45) is 0 Å². The van der Waals surface area contributed by atoms with E-state index in [-0.39, 0.29) is 10.7 Å². The summed E-state index contributed by atoms with van der Waals surface area (Å²) in [6.45, 7) is -0.458. The van der Waals surface area contributed by atoms with Gasteiger partial charge in [-0.15, -0.1) is 0 Å². The fourth-order valence-electron chi connectivity index (χ4n) is 2.68. The Morgan fingerprint density at radius 2 is 1.73 bits per heavy atom. The van der Waals surface area contributed by atoms with Gasteiger partial charge in [-0.05, 0) is 42.5 Å². The molecule has 0 aliphatic rings. The molecule has 1 atom stereocenters. The Hall–Kier alpha value is -2.94. The van der Waals surface area contributed by atoms with Gasteiger partial charge in [0, 0.05) is 28.6 Å². The number of halogens is 4. The first kappa shape index (κ1) is 21.8. The monoisotopic (exact) mass is 436 g/mol. The molecule has 1 heterocycles. The van der Waals surface area contributed by atoms with Gasteiger partial charge in [0.1, 0.15) is 6.10 Å². The van der Waals surface area contributed by atoms with Gasteiger partial charge >= 0.3 is 6.18 Å². The Bertz CT molecular complexity index is 1040. The van der Waals surface area contributed by atoms with Crippen LogP contribution in [-0.4, -0.2) is 27.7 Å². The first-order chi connectivity index (χ1) is 14.2. The Balaban J connectivity index is 1.73. The molecule has 5 nitrogen and oxygen atoms in total. The van der Waals surface area contributed by atoms with Gasteiger partial charge in [-0.2, -0.15) is 13.2 Å². The maximum absolute atomic E-state index is 12.6. The van der Waals surface area contributed by atoms with E-state index in [2.05, 4.69) is 10.3 Å². The van der Waals surface area contributed by atoms with E-state index < -0.39 is 30.4 Å². The molecule has 1 amide bonds. The van der Waals surface area contributed by atoms with E-state index in [0.29, 0.717) is 22.4 Å². The van der Waals surface area contributed by atoms with Crippen molar-refractivity contribution in [2.45, 2.75) is 12.3 Å². The molecule has 0 spiro atoms. The number of alkyl halides is 3. The molecule has 0 fully saturated rings. The Kier molecular flexibility index (Phi) is 6.40. The summed E-state index contributed by atoms with van der Waals surface area (Å²) in [5, 5.41) is 21.4. The van der Waals surface area contributed by atoms with Crippen molar-refractivity contribution < 1.29 is 28.2 Å². The van der Waals surface area contributed by atoms with Crippen LogP contribution in [-0.2, 0) is 6.18 Å². The summed E-state index contributed by atoms with van der Waals surface area (Å²) in [6.07, 6.45) is -4.13. The third-order valence-corrected chi connectivity index (χ3v) is 4.60. The maximum atomic E-state index is 12.6. The first-order valence-electron chi connectivity index (χ1n) is 8.72. The highest BCUT2D eigenvalue weighted by Gasteiger charge is 2.30. The summed E-state index contributed by atoms with van der Waals surface area (Å²) in [6, 6.07) is 12.0. The minimum atomic E-state index is -4.44. The van der Waals surface area contributed by atoms with Gasteiger partial charge in [0.15, 0.2) is 0 Å². The van der Waals surface area contributed by atoms with Crippen molar-refractivity contribution in [1.29, 1.82) is 0 Å². The largest absolute Gasteiger partial charge is 0.416 e. The van der Waals surface area contributed by atoms with E-state index in [1.54, 1.807) is 12.1 Å². The number of benzene rings is 2. The number of amides is 1. The molecule has 9 heteroatoms. The summed E-state index contributed by atoms with van der Waals surface area (Å²) in [5.74, 6) is -0.484. The molecule has 0 saturated heterocycles. The van der Waals surface area contributed by atoms with E-state index >= 15 is 0 Å². The van der Waals surface area contributed by atoms with E-state index in [0.717, 1.165) is 12.1 Å². The van der Waals surface area contributed by atoms with E-state index in [9.17, 15) is 23.1 Å². The summed E-state index contributed by atoms with van der Waals surface area (Å²) in [4.78, 5) is 16.5. The number of nitrogens with one attached hydrogen (secondary N) is 1. The molecule has 1 aromatic heterocycles. The second-order valence-electron chi connectivity index (χ2n) is 6.40. The number of carbonyl (C=O) groups excluding carboxylic acids is 1. The zero-order valence-electron chi connectivity index (χ0n) is 15.3. The predicted molar refractivity (Wildman–Crippen MR) is 106 cm³/mol. The van der Waals surface area contributed by atoms with Gasteiger partial charge < -0.3 is 15.5 Å². The molecule has 2 aromatic carbocycles. The van der Waals surface area contributed by atoms with E-state index in [1.165, 1.54) is 36.5 Å². The Morgan fingerprint density at radius 1 is 1.10 bits per heavy atom.